The second kappa shape index (κ2) is 7.57. The molecular formula is C21H15F4N7O. The smallest absolute Gasteiger partial charge is 0.324 e. The standard InChI is InChI=1S/C21H15F4N7O/c1-10-5-12(13-9-28-16-7-15(22)31-32(16)18(10)13)20(33)30-11-6-14(21(23,24)25)17(29-8-11)19-26-3-2-4-27-19/h2-4,6-10,12H,5H2,1H3,(H,30,33). The molecule has 8 nitrogen and oxygen atoms in total. The highest BCUT2D eigenvalue weighted by Gasteiger charge is 2.38. The van der Waals surface area contributed by atoms with E-state index in [4.69, 9.17) is 0 Å². The molecule has 1 aliphatic rings. The third-order valence-electron chi connectivity index (χ3n) is 5.51. The number of carbonyl (C=O) groups is 1. The van der Waals surface area contributed by atoms with Crippen LogP contribution in [0.1, 0.15) is 42.0 Å². The molecule has 0 bridgehead atoms. The van der Waals surface area contributed by atoms with Crippen LogP contribution in [0.3, 0.4) is 0 Å². The Bertz CT molecular complexity index is 1370. The number of nitrogens with zero attached hydrogens (tertiary/aromatic N) is 6. The molecule has 0 fully saturated rings. The van der Waals surface area contributed by atoms with Gasteiger partial charge in [-0.1, -0.05) is 6.92 Å². The SMILES string of the molecule is CC1CC(C(=O)Nc2cnc(-c3ncccn3)c(C(F)(F)F)c2)c2cnc3cc(F)nn3c21. The van der Waals surface area contributed by atoms with E-state index in [-0.39, 0.29) is 17.4 Å². The molecule has 5 rings (SSSR count). The first-order chi connectivity index (χ1) is 15.7. The summed E-state index contributed by atoms with van der Waals surface area (Å²) >= 11 is 0. The van der Waals surface area contributed by atoms with Gasteiger partial charge in [0.15, 0.2) is 11.5 Å². The van der Waals surface area contributed by atoms with Crippen molar-refractivity contribution in [3.63, 3.8) is 0 Å². The number of fused-ring (bicyclic) bond motifs is 3. The quantitative estimate of drug-likeness (QED) is 0.468. The van der Waals surface area contributed by atoms with E-state index in [9.17, 15) is 22.4 Å². The number of amides is 1. The number of hydrogen-bond donors (Lipinski definition) is 1. The van der Waals surface area contributed by atoms with Crippen molar-refractivity contribution in [1.29, 1.82) is 0 Å². The van der Waals surface area contributed by atoms with E-state index >= 15 is 0 Å². The molecule has 12 heteroatoms. The minimum absolute atomic E-state index is 0.118. The second-order valence-electron chi connectivity index (χ2n) is 7.70. The van der Waals surface area contributed by atoms with Gasteiger partial charge < -0.3 is 5.32 Å². The van der Waals surface area contributed by atoms with E-state index in [2.05, 4.69) is 30.4 Å². The maximum Gasteiger partial charge on any atom is 0.418 e. The van der Waals surface area contributed by atoms with Crippen molar-refractivity contribution in [2.24, 2.45) is 0 Å². The van der Waals surface area contributed by atoms with Gasteiger partial charge >= 0.3 is 6.18 Å². The Morgan fingerprint density at radius 3 is 2.61 bits per heavy atom. The molecule has 33 heavy (non-hydrogen) atoms. The van der Waals surface area contributed by atoms with Gasteiger partial charge in [0.1, 0.15) is 5.69 Å². The van der Waals surface area contributed by atoms with Gasteiger partial charge in [0.2, 0.25) is 11.9 Å². The first-order valence-electron chi connectivity index (χ1n) is 9.92. The van der Waals surface area contributed by atoms with E-state index in [1.807, 2.05) is 6.92 Å². The van der Waals surface area contributed by atoms with Crippen LogP contribution in [-0.2, 0) is 11.0 Å². The number of anilines is 1. The molecule has 0 saturated carbocycles. The van der Waals surface area contributed by atoms with Crippen LogP contribution in [-0.4, -0.2) is 35.5 Å². The summed E-state index contributed by atoms with van der Waals surface area (Å²) in [5, 5.41) is 6.32. The Morgan fingerprint density at radius 2 is 1.88 bits per heavy atom. The first kappa shape index (κ1) is 20.9. The summed E-state index contributed by atoms with van der Waals surface area (Å²) in [5.41, 5.74) is -0.108. The fourth-order valence-electron chi connectivity index (χ4n) is 4.12. The van der Waals surface area contributed by atoms with Crippen LogP contribution < -0.4 is 5.32 Å². The van der Waals surface area contributed by atoms with Gasteiger partial charge in [0, 0.05) is 30.2 Å². The fraction of sp³-hybridized carbons (Fsp3) is 0.238. The number of pyridine rings is 1. The number of rotatable bonds is 3. The molecule has 0 spiro atoms. The number of alkyl halides is 3. The van der Waals surface area contributed by atoms with Crippen LogP contribution in [0.15, 0.2) is 43.0 Å². The molecule has 4 aromatic heterocycles. The van der Waals surface area contributed by atoms with Gasteiger partial charge in [-0.15, -0.1) is 5.10 Å². The summed E-state index contributed by atoms with van der Waals surface area (Å²) in [6, 6.07) is 3.47. The second-order valence-corrected chi connectivity index (χ2v) is 7.70. The molecule has 4 heterocycles. The van der Waals surface area contributed by atoms with E-state index in [0.717, 1.165) is 12.3 Å². The van der Waals surface area contributed by atoms with Crippen molar-refractivity contribution in [2.45, 2.75) is 31.4 Å². The number of nitrogens with one attached hydrogen (secondary N) is 1. The van der Waals surface area contributed by atoms with Crippen LogP contribution >= 0.6 is 0 Å². The molecule has 1 amide bonds. The lowest BCUT2D eigenvalue weighted by Gasteiger charge is -2.15. The lowest BCUT2D eigenvalue weighted by Crippen LogP contribution is -2.21. The Balaban J connectivity index is 1.47. The zero-order chi connectivity index (χ0) is 23.3. The highest BCUT2D eigenvalue weighted by atomic mass is 19.4. The van der Waals surface area contributed by atoms with E-state index in [1.165, 1.54) is 35.2 Å². The third kappa shape index (κ3) is 3.66. The van der Waals surface area contributed by atoms with Gasteiger partial charge in [0.25, 0.3) is 0 Å². The number of halogens is 4. The van der Waals surface area contributed by atoms with Gasteiger partial charge in [-0.3, -0.25) is 9.78 Å². The van der Waals surface area contributed by atoms with Gasteiger partial charge in [-0.2, -0.15) is 17.6 Å². The van der Waals surface area contributed by atoms with Crippen molar-refractivity contribution in [3.8, 4) is 11.5 Å². The molecule has 4 aromatic rings. The van der Waals surface area contributed by atoms with Crippen LogP contribution in [0, 0.1) is 5.95 Å². The van der Waals surface area contributed by atoms with Crippen LogP contribution in [0.5, 0.6) is 0 Å². The first-order valence-corrected chi connectivity index (χ1v) is 9.92. The van der Waals surface area contributed by atoms with Crippen LogP contribution in [0.4, 0.5) is 23.2 Å². The molecule has 0 radical (unpaired) electrons. The van der Waals surface area contributed by atoms with E-state index in [0.29, 0.717) is 23.3 Å². The summed E-state index contributed by atoms with van der Waals surface area (Å²) in [4.78, 5) is 28.7. The molecule has 168 valence electrons. The average Bonchev–Trinajstić information content (AvgIpc) is 3.32. The van der Waals surface area contributed by atoms with E-state index < -0.39 is 35.2 Å². The van der Waals surface area contributed by atoms with E-state index in [1.54, 1.807) is 0 Å². The molecule has 2 unspecified atom stereocenters. The number of aromatic nitrogens is 6. The predicted octanol–water partition coefficient (Wildman–Crippen LogP) is 3.97. The largest absolute Gasteiger partial charge is 0.418 e. The average molecular weight is 457 g/mol. The summed E-state index contributed by atoms with van der Waals surface area (Å²) < 4.78 is 56.0. The summed E-state index contributed by atoms with van der Waals surface area (Å²) in [6.45, 7) is 1.86. The van der Waals surface area contributed by atoms with Gasteiger partial charge in [0.05, 0.1) is 29.1 Å². The van der Waals surface area contributed by atoms with Gasteiger partial charge in [-0.05, 0) is 24.5 Å². The van der Waals surface area contributed by atoms with Gasteiger partial charge in [-0.25, -0.2) is 19.5 Å². The normalized spacial score (nSPS) is 17.8. The summed E-state index contributed by atoms with van der Waals surface area (Å²) in [5.74, 6) is -2.22. The topological polar surface area (TPSA) is 98.0 Å². The van der Waals surface area contributed by atoms with Crippen molar-refractivity contribution in [1.82, 2.24) is 29.5 Å². The maximum absolute atomic E-state index is 13.7. The number of hydrogen-bond acceptors (Lipinski definition) is 6. The molecule has 0 aromatic carbocycles. The molecule has 0 aliphatic heterocycles. The molecule has 1 N–H and O–H groups in total. The fourth-order valence-corrected chi connectivity index (χ4v) is 4.12. The zero-order valence-corrected chi connectivity index (χ0v) is 17.0. The van der Waals surface area contributed by atoms with Crippen molar-refractivity contribution in [3.05, 3.63) is 65.8 Å². The Morgan fingerprint density at radius 1 is 1.12 bits per heavy atom. The highest BCUT2D eigenvalue weighted by Crippen LogP contribution is 2.42. The lowest BCUT2D eigenvalue weighted by atomic mass is 10.0. The number of carbonyl (C=O) groups excluding carboxylic acids is 1. The maximum atomic E-state index is 13.7. The van der Waals surface area contributed by atoms with Crippen LogP contribution in [0.2, 0.25) is 0 Å². The third-order valence-corrected chi connectivity index (χ3v) is 5.51. The van der Waals surface area contributed by atoms with Crippen LogP contribution in [0.25, 0.3) is 17.2 Å². The highest BCUT2D eigenvalue weighted by molar-refractivity contribution is 5.96. The summed E-state index contributed by atoms with van der Waals surface area (Å²) in [7, 11) is 0. The minimum Gasteiger partial charge on any atom is -0.324 e. The molecule has 1 aliphatic carbocycles. The predicted molar refractivity (Wildman–Crippen MR) is 108 cm³/mol. The Kier molecular flexibility index (Phi) is 4.80. The molecular weight excluding hydrogens is 442 g/mol. The Labute approximate surface area is 183 Å². The minimum atomic E-state index is -4.74. The van der Waals surface area contributed by atoms with Crippen molar-refractivity contribution in [2.75, 3.05) is 5.32 Å². The molecule has 0 saturated heterocycles. The lowest BCUT2D eigenvalue weighted by molar-refractivity contribution is -0.137. The zero-order valence-electron chi connectivity index (χ0n) is 17.0. The van der Waals surface area contributed by atoms with Crippen molar-refractivity contribution >= 4 is 17.2 Å². The summed E-state index contributed by atoms with van der Waals surface area (Å²) in [6.07, 6.45) is 0.872. The molecule has 2 atom stereocenters. The van der Waals surface area contributed by atoms with Crippen molar-refractivity contribution < 1.29 is 22.4 Å². The Hall–Kier alpha value is -3.96. The monoisotopic (exact) mass is 457 g/mol.